The van der Waals surface area contributed by atoms with Crippen LogP contribution in [0.3, 0.4) is 0 Å². The molecule has 0 fully saturated rings. The molecule has 0 aliphatic rings. The number of benzene rings is 2. The Morgan fingerprint density at radius 3 is 2.39 bits per heavy atom. The van der Waals surface area contributed by atoms with Crippen molar-refractivity contribution in [1.29, 1.82) is 0 Å². The van der Waals surface area contributed by atoms with Gasteiger partial charge in [-0.3, -0.25) is 9.59 Å². The van der Waals surface area contributed by atoms with Crippen LogP contribution in [-0.2, 0) is 17.6 Å². The second-order valence-electron chi connectivity index (χ2n) is 7.55. The number of aliphatic carboxylic acids is 1. The van der Waals surface area contributed by atoms with Crippen LogP contribution in [0.25, 0.3) is 10.4 Å². The van der Waals surface area contributed by atoms with E-state index in [0.717, 1.165) is 27.6 Å². The van der Waals surface area contributed by atoms with Gasteiger partial charge in [-0.05, 0) is 61.1 Å². The third kappa shape index (κ3) is 7.03. The molecule has 6 heteroatoms. The van der Waals surface area contributed by atoms with Gasteiger partial charge in [-0.1, -0.05) is 44.0 Å². The average Bonchev–Trinajstić information content (AvgIpc) is 3.23. The van der Waals surface area contributed by atoms with Crippen LogP contribution in [0.2, 0.25) is 0 Å². The summed E-state index contributed by atoms with van der Waals surface area (Å²) in [6.45, 7) is 2.19. The molecule has 0 saturated carbocycles. The highest BCUT2D eigenvalue weighted by molar-refractivity contribution is 7.15. The Labute approximate surface area is 187 Å². The summed E-state index contributed by atoms with van der Waals surface area (Å²) >= 11 is 1.57. The lowest BCUT2D eigenvalue weighted by molar-refractivity contribution is -0.137. The number of aromatic nitrogens is 1. The number of amides is 1. The maximum absolute atomic E-state index is 12.5. The van der Waals surface area contributed by atoms with E-state index >= 15 is 0 Å². The summed E-state index contributed by atoms with van der Waals surface area (Å²) < 4.78 is 0. The summed E-state index contributed by atoms with van der Waals surface area (Å²) in [5.74, 6) is -0.899. The molecule has 2 N–H and O–H groups in total. The van der Waals surface area contributed by atoms with Gasteiger partial charge in [-0.25, -0.2) is 4.98 Å². The molecule has 0 aliphatic carbocycles. The van der Waals surface area contributed by atoms with Gasteiger partial charge in [0.15, 0.2) is 0 Å². The van der Waals surface area contributed by atoms with Crippen LogP contribution >= 0.6 is 11.3 Å². The van der Waals surface area contributed by atoms with Crippen molar-refractivity contribution in [2.24, 2.45) is 0 Å². The number of nitrogens with one attached hydrogen (secondary N) is 1. The topological polar surface area (TPSA) is 79.3 Å². The summed E-state index contributed by atoms with van der Waals surface area (Å²) in [5, 5.41) is 12.6. The quantitative estimate of drug-likeness (QED) is 0.351. The van der Waals surface area contributed by atoms with Crippen LogP contribution in [0.4, 0.5) is 5.69 Å². The normalized spacial score (nSPS) is 10.7. The molecule has 2 aromatic carbocycles. The first kappa shape index (κ1) is 22.7. The molecule has 31 heavy (non-hydrogen) atoms. The van der Waals surface area contributed by atoms with E-state index in [0.29, 0.717) is 18.4 Å². The summed E-state index contributed by atoms with van der Waals surface area (Å²) in [6.07, 6.45) is 7.90. The number of unbranched alkanes of at least 4 members (excludes halogenated alkanes) is 2. The SMILES string of the molecule is CCCCCc1ccc(C(=O)Nc2ccc(-c3cnc(CCCC(=O)O)s3)cc2)cc1. The highest BCUT2D eigenvalue weighted by Crippen LogP contribution is 2.28. The van der Waals surface area contributed by atoms with E-state index in [1.54, 1.807) is 11.3 Å². The maximum Gasteiger partial charge on any atom is 0.303 e. The second-order valence-corrected chi connectivity index (χ2v) is 8.67. The van der Waals surface area contributed by atoms with Gasteiger partial charge < -0.3 is 10.4 Å². The molecule has 3 aromatic rings. The first-order valence-corrected chi connectivity index (χ1v) is 11.5. The van der Waals surface area contributed by atoms with Gasteiger partial charge in [-0.15, -0.1) is 11.3 Å². The number of carboxylic acid groups (broad SMARTS) is 1. The zero-order valence-corrected chi connectivity index (χ0v) is 18.6. The van der Waals surface area contributed by atoms with E-state index in [1.165, 1.54) is 24.8 Å². The summed E-state index contributed by atoms with van der Waals surface area (Å²) in [5.41, 5.74) is 3.68. The molecule has 0 spiro atoms. The molecular formula is C25H28N2O3S. The predicted molar refractivity (Wildman–Crippen MR) is 126 cm³/mol. The second kappa shape index (κ2) is 11.4. The highest BCUT2D eigenvalue weighted by Gasteiger charge is 2.09. The third-order valence-corrected chi connectivity index (χ3v) is 6.15. The van der Waals surface area contributed by atoms with E-state index in [1.807, 2.05) is 54.7 Å². The maximum atomic E-state index is 12.5. The number of hydrogen-bond donors (Lipinski definition) is 2. The standard InChI is InChI=1S/C25H28N2O3S/c1-2-3-4-6-18-9-11-20(12-10-18)25(30)27-21-15-13-19(14-16-21)22-17-26-23(31-22)7-5-8-24(28)29/h9-17H,2-8H2,1H3,(H,27,30)(H,28,29). The van der Waals surface area contributed by atoms with Gasteiger partial charge in [0.05, 0.1) is 9.88 Å². The molecule has 0 aliphatic heterocycles. The van der Waals surface area contributed by atoms with Crippen molar-refractivity contribution in [3.8, 4) is 10.4 Å². The summed E-state index contributed by atoms with van der Waals surface area (Å²) in [7, 11) is 0. The van der Waals surface area contributed by atoms with Gasteiger partial charge >= 0.3 is 5.97 Å². The number of nitrogens with zero attached hydrogens (tertiary/aromatic N) is 1. The third-order valence-electron chi connectivity index (χ3n) is 5.05. The molecule has 162 valence electrons. The van der Waals surface area contributed by atoms with E-state index < -0.39 is 5.97 Å². The molecule has 1 aromatic heterocycles. The van der Waals surface area contributed by atoms with Crippen LogP contribution in [0, 0.1) is 0 Å². The van der Waals surface area contributed by atoms with E-state index in [2.05, 4.69) is 17.2 Å². The van der Waals surface area contributed by atoms with Crippen molar-refractivity contribution in [3.05, 3.63) is 70.9 Å². The van der Waals surface area contributed by atoms with Gasteiger partial charge in [0.25, 0.3) is 5.91 Å². The average molecular weight is 437 g/mol. The Morgan fingerprint density at radius 2 is 1.71 bits per heavy atom. The number of aryl methyl sites for hydroxylation is 2. The summed E-state index contributed by atoms with van der Waals surface area (Å²) in [6, 6.07) is 15.5. The molecule has 0 radical (unpaired) electrons. The first-order chi connectivity index (χ1) is 15.0. The Morgan fingerprint density at radius 1 is 0.968 bits per heavy atom. The molecule has 1 amide bonds. The fourth-order valence-electron chi connectivity index (χ4n) is 3.27. The summed E-state index contributed by atoms with van der Waals surface area (Å²) in [4.78, 5) is 28.6. The number of carbonyl (C=O) groups excluding carboxylic acids is 1. The Kier molecular flexibility index (Phi) is 8.35. The van der Waals surface area contributed by atoms with E-state index in [9.17, 15) is 9.59 Å². The number of hydrogen-bond acceptors (Lipinski definition) is 4. The van der Waals surface area contributed by atoms with E-state index in [4.69, 9.17) is 5.11 Å². The molecule has 0 atom stereocenters. The fraction of sp³-hybridized carbons (Fsp3) is 0.320. The van der Waals surface area contributed by atoms with Crippen molar-refractivity contribution in [1.82, 2.24) is 4.98 Å². The lowest BCUT2D eigenvalue weighted by Crippen LogP contribution is -2.11. The first-order valence-electron chi connectivity index (χ1n) is 10.7. The number of carbonyl (C=O) groups is 2. The van der Waals surface area contributed by atoms with Crippen molar-refractivity contribution in [2.75, 3.05) is 5.32 Å². The number of rotatable bonds is 11. The smallest absolute Gasteiger partial charge is 0.303 e. The number of anilines is 1. The molecule has 0 unspecified atom stereocenters. The van der Waals surface area contributed by atoms with Crippen molar-refractivity contribution < 1.29 is 14.7 Å². The monoisotopic (exact) mass is 436 g/mol. The zero-order chi connectivity index (χ0) is 22.1. The minimum Gasteiger partial charge on any atom is -0.481 e. The highest BCUT2D eigenvalue weighted by atomic mass is 32.1. The van der Waals surface area contributed by atoms with Gasteiger partial charge in [0.1, 0.15) is 0 Å². The lowest BCUT2D eigenvalue weighted by Gasteiger charge is -2.07. The van der Waals surface area contributed by atoms with Crippen LogP contribution in [0.1, 0.15) is 60.0 Å². The molecule has 3 rings (SSSR count). The van der Waals surface area contributed by atoms with E-state index in [-0.39, 0.29) is 12.3 Å². The molecule has 5 nitrogen and oxygen atoms in total. The van der Waals surface area contributed by atoms with Crippen LogP contribution in [-0.4, -0.2) is 22.0 Å². The Bertz CT molecular complexity index is 994. The largest absolute Gasteiger partial charge is 0.481 e. The molecular weight excluding hydrogens is 408 g/mol. The number of thiazole rings is 1. The van der Waals surface area contributed by atoms with Crippen molar-refractivity contribution in [3.63, 3.8) is 0 Å². The van der Waals surface area contributed by atoms with Crippen LogP contribution < -0.4 is 5.32 Å². The minimum atomic E-state index is -0.780. The van der Waals surface area contributed by atoms with Crippen molar-refractivity contribution >= 4 is 28.9 Å². The lowest BCUT2D eigenvalue weighted by atomic mass is 10.1. The molecule has 1 heterocycles. The Balaban J connectivity index is 1.55. The zero-order valence-electron chi connectivity index (χ0n) is 17.8. The minimum absolute atomic E-state index is 0.119. The molecule has 0 saturated heterocycles. The van der Waals surface area contributed by atoms with Crippen LogP contribution in [0.15, 0.2) is 54.7 Å². The van der Waals surface area contributed by atoms with Crippen LogP contribution in [0.5, 0.6) is 0 Å². The number of carboxylic acids is 1. The molecule has 0 bridgehead atoms. The fourth-order valence-corrected chi connectivity index (χ4v) is 4.24. The van der Waals surface area contributed by atoms with Crippen molar-refractivity contribution in [2.45, 2.75) is 51.9 Å². The predicted octanol–water partition coefficient (Wildman–Crippen LogP) is 6.20. The van der Waals surface area contributed by atoms with Gasteiger partial charge in [-0.2, -0.15) is 0 Å². The van der Waals surface area contributed by atoms with Gasteiger partial charge in [0, 0.05) is 23.9 Å². The Hall–Kier alpha value is -2.99. The van der Waals surface area contributed by atoms with Gasteiger partial charge in [0.2, 0.25) is 0 Å².